The van der Waals surface area contributed by atoms with Crippen molar-refractivity contribution in [1.29, 1.82) is 0 Å². The largest absolute Gasteiger partial charge is 0.391 e. The molecule has 0 aliphatic carbocycles. The van der Waals surface area contributed by atoms with Crippen LogP contribution in [0.15, 0.2) is 36.5 Å². The van der Waals surface area contributed by atoms with E-state index >= 15 is 0 Å². The molecule has 1 aliphatic rings. The Hall–Kier alpha value is -3.20. The first-order valence-electron chi connectivity index (χ1n) is 11.6. The second kappa shape index (κ2) is 10.4. The Labute approximate surface area is 200 Å². The number of benzene rings is 1. The van der Waals surface area contributed by atoms with Crippen LogP contribution in [0, 0.1) is 5.41 Å². The fraction of sp³-hybridized carbons (Fsp3) is 0.520. The number of likely N-dealkylation sites (N-methyl/N-ethyl adjacent to an activating group) is 1. The number of carbonyl (C=O) groups is 3. The topological polar surface area (TPSA) is 119 Å². The quantitative estimate of drug-likeness (QED) is 0.572. The summed E-state index contributed by atoms with van der Waals surface area (Å²) in [5.74, 6) is -0.358. The number of carbonyl (C=O) groups excluding carboxylic acids is 3. The highest BCUT2D eigenvalue weighted by molar-refractivity contribution is 5.92. The molecular formula is C25H35N5O4. The van der Waals surface area contributed by atoms with Crippen LogP contribution in [0.2, 0.25) is 0 Å². The number of β-amino-alcohol motifs (C(OH)–C–C–N with tert-alkyl or cyclic N) is 1. The minimum atomic E-state index is -0.752. The van der Waals surface area contributed by atoms with E-state index in [1.165, 1.54) is 6.92 Å². The third kappa shape index (κ3) is 6.02. The number of imidazole rings is 1. The summed E-state index contributed by atoms with van der Waals surface area (Å²) in [7, 11) is 1.73. The van der Waals surface area contributed by atoms with E-state index in [1.807, 2.05) is 51.1 Å². The molecule has 184 valence electrons. The number of hydrogen-bond donors (Lipinski definition) is 3. The van der Waals surface area contributed by atoms with Gasteiger partial charge >= 0.3 is 0 Å². The van der Waals surface area contributed by atoms with Crippen LogP contribution < -0.4 is 5.32 Å². The lowest BCUT2D eigenvalue weighted by molar-refractivity contribution is -0.140. The number of rotatable bonds is 7. The zero-order chi connectivity index (χ0) is 25.0. The summed E-state index contributed by atoms with van der Waals surface area (Å²) in [6, 6.07) is 8.67. The molecule has 9 heteroatoms. The molecule has 0 bridgehead atoms. The van der Waals surface area contributed by atoms with Gasteiger partial charge in [-0.15, -0.1) is 0 Å². The van der Waals surface area contributed by atoms with Gasteiger partial charge in [0.25, 0.3) is 5.91 Å². The molecule has 9 nitrogen and oxygen atoms in total. The number of hydrogen-bond acceptors (Lipinski definition) is 5. The highest BCUT2D eigenvalue weighted by Gasteiger charge is 2.43. The van der Waals surface area contributed by atoms with Crippen molar-refractivity contribution in [2.24, 2.45) is 5.41 Å². The predicted octanol–water partition coefficient (Wildman–Crippen LogP) is 1.91. The second-order valence-electron chi connectivity index (χ2n) is 10.0. The number of H-pyrrole nitrogens is 1. The maximum atomic E-state index is 13.4. The summed E-state index contributed by atoms with van der Waals surface area (Å²) in [5, 5.41) is 13.1. The minimum absolute atomic E-state index is 0.136. The molecule has 1 fully saturated rings. The molecule has 0 saturated carbocycles. The molecule has 0 spiro atoms. The van der Waals surface area contributed by atoms with Crippen LogP contribution in [0.5, 0.6) is 0 Å². The Bertz CT molecular complexity index is 1010. The summed E-state index contributed by atoms with van der Waals surface area (Å²) in [5.41, 5.74) is 0.882. The molecule has 1 aliphatic heterocycles. The Balaban J connectivity index is 1.73. The zero-order valence-electron chi connectivity index (χ0n) is 20.5. The minimum Gasteiger partial charge on any atom is -0.391 e. The monoisotopic (exact) mass is 469 g/mol. The number of aliphatic hydroxyl groups excluding tert-OH is 1. The maximum absolute atomic E-state index is 13.4. The van der Waals surface area contributed by atoms with Gasteiger partial charge in [-0.1, -0.05) is 51.1 Å². The molecule has 2 heterocycles. The summed E-state index contributed by atoms with van der Waals surface area (Å²) in [6.45, 7) is 7.69. The first-order chi connectivity index (χ1) is 16.0. The molecule has 1 aromatic heterocycles. The Morgan fingerprint density at radius 2 is 1.94 bits per heavy atom. The van der Waals surface area contributed by atoms with E-state index in [0.29, 0.717) is 18.8 Å². The van der Waals surface area contributed by atoms with Gasteiger partial charge < -0.3 is 25.2 Å². The number of nitrogens with zero attached hydrogens (tertiary/aromatic N) is 3. The van der Waals surface area contributed by atoms with Gasteiger partial charge in [0, 0.05) is 39.7 Å². The van der Waals surface area contributed by atoms with E-state index in [0.717, 1.165) is 12.0 Å². The van der Waals surface area contributed by atoms with E-state index < -0.39 is 23.6 Å². The van der Waals surface area contributed by atoms with Gasteiger partial charge in [0.05, 0.1) is 12.1 Å². The fourth-order valence-electron chi connectivity index (χ4n) is 4.19. The summed E-state index contributed by atoms with van der Waals surface area (Å²) in [6.07, 6.45) is 1.85. The van der Waals surface area contributed by atoms with Gasteiger partial charge in [-0.05, 0) is 17.4 Å². The average molecular weight is 470 g/mol. The predicted molar refractivity (Wildman–Crippen MR) is 128 cm³/mol. The van der Waals surface area contributed by atoms with Crippen LogP contribution in [0.4, 0.5) is 0 Å². The summed E-state index contributed by atoms with van der Waals surface area (Å²) >= 11 is 0. The van der Waals surface area contributed by atoms with Crippen LogP contribution in [0.3, 0.4) is 0 Å². The number of likely N-dealkylation sites (tertiary alicyclic amines) is 1. The van der Waals surface area contributed by atoms with Gasteiger partial charge in [0.1, 0.15) is 17.6 Å². The lowest BCUT2D eigenvalue weighted by Gasteiger charge is -2.35. The number of aromatic nitrogens is 2. The summed E-state index contributed by atoms with van der Waals surface area (Å²) in [4.78, 5) is 48.7. The third-order valence-corrected chi connectivity index (χ3v) is 6.08. The molecule has 3 rings (SSSR count). The third-order valence-electron chi connectivity index (χ3n) is 6.08. The number of nitrogens with one attached hydrogen (secondary N) is 2. The van der Waals surface area contributed by atoms with Crippen LogP contribution in [0.25, 0.3) is 0 Å². The zero-order valence-corrected chi connectivity index (χ0v) is 20.5. The van der Waals surface area contributed by atoms with E-state index in [9.17, 15) is 19.5 Å². The second-order valence-corrected chi connectivity index (χ2v) is 10.0. The SMILES string of the molecule is CC(=O)N[C@H](C(=O)N1C[C@H](O)C[C@H]1c1nc(C(=O)N(C)CCc2ccccc2)c[nH]1)C(C)(C)C. The normalized spacial score (nSPS) is 19.1. The van der Waals surface area contributed by atoms with Crippen molar-refractivity contribution >= 4 is 17.7 Å². The smallest absolute Gasteiger partial charge is 0.273 e. The van der Waals surface area contributed by atoms with Gasteiger partial charge in [-0.3, -0.25) is 14.4 Å². The van der Waals surface area contributed by atoms with Crippen molar-refractivity contribution < 1.29 is 19.5 Å². The Morgan fingerprint density at radius 3 is 2.56 bits per heavy atom. The molecule has 3 atom stereocenters. The van der Waals surface area contributed by atoms with Crippen molar-refractivity contribution in [2.75, 3.05) is 20.1 Å². The molecule has 0 radical (unpaired) electrons. The van der Waals surface area contributed by atoms with Crippen LogP contribution in [-0.2, 0) is 16.0 Å². The molecular weight excluding hydrogens is 434 g/mol. The van der Waals surface area contributed by atoms with Crippen molar-refractivity contribution in [3.8, 4) is 0 Å². The standard InChI is InChI=1S/C25H35N5O4/c1-16(31)27-21(25(2,3)4)24(34)30-15-18(32)13-20(30)22-26-14-19(28-22)23(33)29(5)12-11-17-9-7-6-8-10-17/h6-10,14,18,20-21,32H,11-13,15H2,1-5H3,(H,26,28)(H,27,31)/t18-,20+,21-/m1/s1. The molecule has 0 unspecified atom stereocenters. The van der Waals surface area contributed by atoms with E-state index in [4.69, 9.17) is 0 Å². The van der Waals surface area contributed by atoms with Crippen molar-refractivity contribution in [1.82, 2.24) is 25.1 Å². The van der Waals surface area contributed by atoms with Gasteiger partial charge in [0.2, 0.25) is 11.8 Å². The number of amides is 3. The van der Waals surface area contributed by atoms with Crippen LogP contribution >= 0.6 is 0 Å². The van der Waals surface area contributed by atoms with Crippen molar-refractivity contribution in [3.05, 3.63) is 53.6 Å². The van der Waals surface area contributed by atoms with Gasteiger partial charge in [-0.2, -0.15) is 0 Å². The van der Waals surface area contributed by atoms with Crippen molar-refractivity contribution in [3.63, 3.8) is 0 Å². The first kappa shape index (κ1) is 25.4. The number of aromatic amines is 1. The fourth-order valence-corrected chi connectivity index (χ4v) is 4.19. The maximum Gasteiger partial charge on any atom is 0.273 e. The summed E-state index contributed by atoms with van der Waals surface area (Å²) < 4.78 is 0. The van der Waals surface area contributed by atoms with E-state index in [-0.39, 0.29) is 30.0 Å². The highest BCUT2D eigenvalue weighted by atomic mass is 16.3. The van der Waals surface area contributed by atoms with E-state index in [1.54, 1.807) is 23.0 Å². The lowest BCUT2D eigenvalue weighted by atomic mass is 9.85. The molecule has 1 aromatic carbocycles. The first-order valence-corrected chi connectivity index (χ1v) is 11.6. The van der Waals surface area contributed by atoms with Gasteiger partial charge in [0.15, 0.2) is 0 Å². The van der Waals surface area contributed by atoms with Crippen molar-refractivity contribution in [2.45, 2.75) is 58.7 Å². The molecule has 3 N–H and O–H groups in total. The van der Waals surface area contributed by atoms with Crippen LogP contribution in [-0.4, -0.2) is 74.9 Å². The lowest BCUT2D eigenvalue weighted by Crippen LogP contribution is -2.54. The highest BCUT2D eigenvalue weighted by Crippen LogP contribution is 2.33. The van der Waals surface area contributed by atoms with E-state index in [2.05, 4.69) is 15.3 Å². The molecule has 3 amide bonds. The number of aliphatic hydroxyl groups is 1. The Kier molecular flexibility index (Phi) is 7.76. The van der Waals surface area contributed by atoms with Gasteiger partial charge in [-0.25, -0.2) is 4.98 Å². The van der Waals surface area contributed by atoms with Crippen LogP contribution in [0.1, 0.15) is 62.0 Å². The molecule has 34 heavy (non-hydrogen) atoms. The Morgan fingerprint density at radius 1 is 1.26 bits per heavy atom. The molecule has 2 aromatic rings. The average Bonchev–Trinajstić information content (AvgIpc) is 3.41. The molecule has 1 saturated heterocycles.